The van der Waals surface area contributed by atoms with Gasteiger partial charge in [-0.1, -0.05) is 24.6 Å². The zero-order valence-electron chi connectivity index (χ0n) is 12.9. The molecule has 1 fully saturated rings. The van der Waals surface area contributed by atoms with Gasteiger partial charge in [0.05, 0.1) is 4.90 Å². The van der Waals surface area contributed by atoms with Crippen molar-refractivity contribution < 1.29 is 27.1 Å². The molecular formula is C15H22O6S. The number of hydrogen-bond donors (Lipinski definition) is 0. The molecule has 0 radical (unpaired) electrons. The predicted molar refractivity (Wildman–Crippen MR) is 79.3 cm³/mol. The van der Waals surface area contributed by atoms with Crippen molar-refractivity contribution in [3.05, 3.63) is 29.8 Å². The highest BCUT2D eigenvalue weighted by Crippen LogP contribution is 2.19. The van der Waals surface area contributed by atoms with Crippen molar-refractivity contribution >= 4 is 10.1 Å². The quantitative estimate of drug-likeness (QED) is 0.435. The summed E-state index contributed by atoms with van der Waals surface area (Å²) in [6.45, 7) is 4.33. The van der Waals surface area contributed by atoms with Gasteiger partial charge in [0.2, 0.25) is 0 Å². The molecule has 1 heterocycles. The third kappa shape index (κ3) is 5.03. The minimum atomic E-state index is -3.97. The number of benzene rings is 1. The second-order valence-corrected chi connectivity index (χ2v) is 6.72. The lowest BCUT2D eigenvalue weighted by molar-refractivity contribution is -0.353. The van der Waals surface area contributed by atoms with E-state index in [1.807, 2.05) is 13.8 Å². The average Bonchev–Trinajstić information content (AvgIpc) is 2.53. The van der Waals surface area contributed by atoms with Gasteiger partial charge in [-0.3, -0.25) is 0 Å². The Labute approximate surface area is 131 Å². The first-order chi connectivity index (χ1) is 10.5. The molecular weight excluding hydrogens is 308 g/mol. The lowest BCUT2D eigenvalue weighted by atomic mass is 10.2. The predicted octanol–water partition coefficient (Wildman–Crippen LogP) is 2.91. The van der Waals surface area contributed by atoms with Gasteiger partial charge in [-0.25, -0.2) is 0 Å². The molecule has 22 heavy (non-hydrogen) atoms. The minimum Gasteiger partial charge on any atom is -0.353 e. The van der Waals surface area contributed by atoms with Crippen LogP contribution in [0.4, 0.5) is 0 Å². The van der Waals surface area contributed by atoms with Crippen LogP contribution in [0.15, 0.2) is 29.2 Å². The zero-order valence-corrected chi connectivity index (χ0v) is 13.7. The van der Waals surface area contributed by atoms with Gasteiger partial charge in [0.1, 0.15) is 0 Å². The van der Waals surface area contributed by atoms with Crippen molar-refractivity contribution in [3.8, 4) is 0 Å². The van der Waals surface area contributed by atoms with Crippen molar-refractivity contribution in [1.29, 1.82) is 0 Å². The summed E-state index contributed by atoms with van der Waals surface area (Å²) in [6, 6.07) is 6.33. The summed E-state index contributed by atoms with van der Waals surface area (Å²) in [5.41, 5.74) is 0.962. The largest absolute Gasteiger partial charge is 0.353 e. The van der Waals surface area contributed by atoms with Gasteiger partial charge in [-0.15, -0.1) is 4.33 Å². The van der Waals surface area contributed by atoms with Gasteiger partial charge >= 0.3 is 10.1 Å². The molecule has 0 N–H and O–H groups in total. The molecule has 0 aromatic heterocycles. The van der Waals surface area contributed by atoms with Crippen molar-refractivity contribution in [3.63, 3.8) is 0 Å². The maximum Gasteiger partial charge on any atom is 0.323 e. The fourth-order valence-corrected chi connectivity index (χ4v) is 2.75. The molecule has 2 atom stereocenters. The van der Waals surface area contributed by atoms with Crippen LogP contribution in [-0.2, 0) is 28.8 Å². The highest BCUT2D eigenvalue weighted by atomic mass is 32.2. The molecule has 1 aliphatic rings. The van der Waals surface area contributed by atoms with E-state index in [4.69, 9.17) is 14.4 Å². The van der Waals surface area contributed by atoms with Crippen LogP contribution in [0.25, 0.3) is 0 Å². The van der Waals surface area contributed by atoms with E-state index < -0.39 is 16.4 Å². The molecule has 0 bridgehead atoms. The highest BCUT2D eigenvalue weighted by molar-refractivity contribution is 7.86. The van der Waals surface area contributed by atoms with E-state index in [2.05, 4.69) is 4.33 Å². The highest BCUT2D eigenvalue weighted by Gasteiger charge is 2.23. The third-order valence-corrected chi connectivity index (χ3v) is 4.43. The first kappa shape index (κ1) is 17.4. The fourth-order valence-electron chi connectivity index (χ4n) is 2.01. The van der Waals surface area contributed by atoms with E-state index >= 15 is 0 Å². The Bertz CT molecular complexity index is 548. The summed E-state index contributed by atoms with van der Waals surface area (Å²) in [5.74, 6) is 0. The summed E-state index contributed by atoms with van der Waals surface area (Å²) in [7, 11) is -3.97. The number of hydrogen-bond acceptors (Lipinski definition) is 6. The van der Waals surface area contributed by atoms with Crippen LogP contribution in [0.1, 0.15) is 38.2 Å². The van der Waals surface area contributed by atoms with E-state index in [0.717, 1.165) is 24.8 Å². The maximum atomic E-state index is 12.0. The van der Waals surface area contributed by atoms with Crippen molar-refractivity contribution in [2.45, 2.75) is 57.0 Å². The third-order valence-electron chi connectivity index (χ3n) is 3.32. The van der Waals surface area contributed by atoms with Crippen molar-refractivity contribution in [1.82, 2.24) is 0 Å². The number of ether oxygens (including phenoxy) is 2. The molecule has 0 spiro atoms. The molecule has 124 valence electrons. The van der Waals surface area contributed by atoms with E-state index in [1.54, 1.807) is 12.1 Å². The summed E-state index contributed by atoms with van der Waals surface area (Å²) in [4.78, 5) is 5.00. The molecule has 1 aromatic rings. The van der Waals surface area contributed by atoms with Crippen LogP contribution in [0, 0.1) is 6.92 Å². The van der Waals surface area contributed by atoms with E-state index in [0.29, 0.717) is 13.0 Å². The lowest BCUT2D eigenvalue weighted by Gasteiger charge is -2.26. The van der Waals surface area contributed by atoms with Gasteiger partial charge in [-0.2, -0.15) is 13.3 Å². The summed E-state index contributed by atoms with van der Waals surface area (Å²) in [6.07, 6.45) is 2.08. The van der Waals surface area contributed by atoms with E-state index in [9.17, 15) is 8.42 Å². The molecule has 7 heteroatoms. The Kier molecular flexibility index (Phi) is 6.34. The standard InChI is InChI=1S/C15H22O6S/c1-3-14(19-15-6-4-5-11-18-15)20-21-22(16,17)13-9-7-12(2)8-10-13/h7-10,14-15H,3-6,11H2,1-2H3. The molecule has 1 aliphatic heterocycles. The van der Waals surface area contributed by atoms with Crippen LogP contribution >= 0.6 is 0 Å². The topological polar surface area (TPSA) is 71.1 Å². The van der Waals surface area contributed by atoms with Gasteiger partial charge in [0, 0.05) is 6.61 Å². The average molecular weight is 330 g/mol. The molecule has 1 saturated heterocycles. The SMILES string of the molecule is CCC(OOS(=O)(=O)c1ccc(C)cc1)OC1CCCCO1. The Balaban J connectivity index is 1.89. The molecule has 2 rings (SSSR count). The van der Waals surface area contributed by atoms with E-state index in [1.165, 1.54) is 12.1 Å². The van der Waals surface area contributed by atoms with Crippen LogP contribution in [0.3, 0.4) is 0 Å². The van der Waals surface area contributed by atoms with Crippen LogP contribution < -0.4 is 0 Å². The van der Waals surface area contributed by atoms with Crippen LogP contribution in [0.2, 0.25) is 0 Å². The van der Waals surface area contributed by atoms with Crippen molar-refractivity contribution in [2.75, 3.05) is 6.61 Å². The molecule has 6 nitrogen and oxygen atoms in total. The number of rotatable bonds is 7. The first-order valence-electron chi connectivity index (χ1n) is 7.45. The Morgan fingerprint density at radius 3 is 2.59 bits per heavy atom. The summed E-state index contributed by atoms with van der Waals surface area (Å²) >= 11 is 0. The van der Waals surface area contributed by atoms with Gasteiger partial charge in [0.15, 0.2) is 12.6 Å². The molecule has 0 amide bonds. The Morgan fingerprint density at radius 2 is 2.00 bits per heavy atom. The second kappa shape index (κ2) is 8.03. The fraction of sp³-hybridized carbons (Fsp3) is 0.600. The Morgan fingerprint density at radius 1 is 1.27 bits per heavy atom. The van der Waals surface area contributed by atoms with Crippen molar-refractivity contribution in [2.24, 2.45) is 0 Å². The molecule has 0 saturated carbocycles. The zero-order chi connectivity index (χ0) is 16.0. The van der Waals surface area contributed by atoms with Gasteiger partial charge in [0.25, 0.3) is 0 Å². The summed E-state index contributed by atoms with van der Waals surface area (Å²) in [5, 5.41) is 0. The van der Waals surface area contributed by atoms with Crippen LogP contribution in [-0.4, -0.2) is 27.6 Å². The molecule has 2 unspecified atom stereocenters. The molecule has 1 aromatic carbocycles. The van der Waals surface area contributed by atoms with E-state index in [-0.39, 0.29) is 11.2 Å². The normalized spacial score (nSPS) is 20.7. The monoisotopic (exact) mass is 330 g/mol. The van der Waals surface area contributed by atoms with Gasteiger partial charge in [-0.05, 0) is 44.7 Å². The first-order valence-corrected chi connectivity index (χ1v) is 8.86. The molecule has 0 aliphatic carbocycles. The minimum absolute atomic E-state index is 0.0434. The number of aryl methyl sites for hydroxylation is 1. The maximum absolute atomic E-state index is 12.0. The van der Waals surface area contributed by atoms with Gasteiger partial charge < -0.3 is 9.47 Å². The Hall–Kier alpha value is -0.990. The van der Waals surface area contributed by atoms with Crippen LogP contribution in [0.5, 0.6) is 0 Å². The summed E-state index contributed by atoms with van der Waals surface area (Å²) < 4.78 is 39.7. The smallest absolute Gasteiger partial charge is 0.323 e. The lowest BCUT2D eigenvalue weighted by Crippen LogP contribution is -2.29. The second-order valence-electron chi connectivity index (χ2n) is 5.20.